The molecule has 0 aliphatic carbocycles. The first kappa shape index (κ1) is 17.9. The van der Waals surface area contributed by atoms with E-state index in [2.05, 4.69) is 13.8 Å². The van der Waals surface area contributed by atoms with E-state index in [4.69, 9.17) is 33.7 Å². The fourth-order valence-electron chi connectivity index (χ4n) is 4.06. The van der Waals surface area contributed by atoms with Crippen LogP contribution in [0.25, 0.3) is 6.08 Å². The molecule has 1 atom stereocenters. The molecule has 0 saturated carbocycles. The van der Waals surface area contributed by atoms with Crippen LogP contribution in [0.3, 0.4) is 0 Å². The Hall–Kier alpha value is -2.44. The zero-order valence-electron chi connectivity index (χ0n) is 14.9. The molecular formula is C19H17Cl2N3O3. The van der Waals surface area contributed by atoms with Gasteiger partial charge in [0.1, 0.15) is 15.8 Å². The smallest absolute Gasteiger partial charge is 0.307 e. The van der Waals surface area contributed by atoms with Gasteiger partial charge in [-0.05, 0) is 49.8 Å². The van der Waals surface area contributed by atoms with Crippen molar-refractivity contribution in [2.24, 2.45) is 0 Å². The van der Waals surface area contributed by atoms with Gasteiger partial charge in [0.15, 0.2) is 0 Å². The first-order chi connectivity index (χ1) is 12.6. The lowest BCUT2D eigenvalue weighted by atomic mass is 9.76. The topological polar surface area (TPSA) is 81.6 Å². The van der Waals surface area contributed by atoms with Gasteiger partial charge in [-0.25, -0.2) is 0 Å². The summed E-state index contributed by atoms with van der Waals surface area (Å²) in [4.78, 5) is 12.7. The number of rotatable bonds is 1. The third-order valence-electron chi connectivity index (χ3n) is 5.57. The number of nitrogens with two attached hydrogens (primary N) is 1. The lowest BCUT2D eigenvalue weighted by molar-refractivity contribution is -0.384. The lowest BCUT2D eigenvalue weighted by Gasteiger charge is -2.45. The second kappa shape index (κ2) is 5.53. The molecule has 2 aromatic carbocycles. The molecule has 8 heteroatoms. The van der Waals surface area contributed by atoms with E-state index >= 15 is 0 Å². The molecule has 4 rings (SSSR count). The highest BCUT2D eigenvalue weighted by Gasteiger charge is 2.58. The van der Waals surface area contributed by atoms with Crippen LogP contribution in [0.15, 0.2) is 30.3 Å². The number of anilines is 2. The summed E-state index contributed by atoms with van der Waals surface area (Å²) in [6.07, 6.45) is 3.65. The number of likely N-dealkylation sites (N-methyl/N-ethyl adjacent to an activating group) is 1. The largest absolute Gasteiger partial charge is 0.463 e. The normalized spacial score (nSPS) is 21.7. The molecular weight excluding hydrogens is 389 g/mol. The van der Waals surface area contributed by atoms with Crippen LogP contribution >= 0.6 is 23.2 Å². The first-order valence-electron chi connectivity index (χ1n) is 8.28. The van der Waals surface area contributed by atoms with E-state index in [1.807, 2.05) is 36.2 Å². The highest BCUT2D eigenvalue weighted by atomic mass is 35.5. The van der Waals surface area contributed by atoms with Crippen LogP contribution in [-0.2, 0) is 5.41 Å². The Morgan fingerprint density at radius 3 is 2.63 bits per heavy atom. The number of nitro groups is 1. The average Bonchev–Trinajstić information content (AvgIpc) is 2.73. The number of fused-ring (bicyclic) bond motifs is 2. The Labute approximate surface area is 166 Å². The van der Waals surface area contributed by atoms with Crippen molar-refractivity contribution in [3.63, 3.8) is 0 Å². The summed E-state index contributed by atoms with van der Waals surface area (Å²) in [5, 5.41) is 11.2. The van der Waals surface area contributed by atoms with Crippen molar-refractivity contribution in [1.29, 1.82) is 0 Å². The van der Waals surface area contributed by atoms with E-state index in [-0.39, 0.29) is 15.7 Å². The maximum Gasteiger partial charge on any atom is 0.307 e. The SMILES string of the molecule is CN1c2ccc(N)cc2C(C)(C)C12C=Cc1c(cc(Cl)c([N+](=O)[O-])c1Cl)O2. The predicted molar refractivity (Wildman–Crippen MR) is 108 cm³/mol. The van der Waals surface area contributed by atoms with Crippen molar-refractivity contribution in [3.8, 4) is 5.75 Å². The Bertz CT molecular complexity index is 1040. The van der Waals surface area contributed by atoms with E-state index in [0.29, 0.717) is 17.0 Å². The predicted octanol–water partition coefficient (Wildman–Crippen LogP) is 5.01. The summed E-state index contributed by atoms with van der Waals surface area (Å²) >= 11 is 12.4. The van der Waals surface area contributed by atoms with Gasteiger partial charge in [0, 0.05) is 30.1 Å². The van der Waals surface area contributed by atoms with Crippen molar-refractivity contribution in [2.45, 2.75) is 25.0 Å². The monoisotopic (exact) mass is 405 g/mol. The van der Waals surface area contributed by atoms with E-state index in [9.17, 15) is 10.1 Å². The molecule has 140 valence electrons. The van der Waals surface area contributed by atoms with Crippen molar-refractivity contribution in [3.05, 3.63) is 61.6 Å². The molecule has 0 saturated heterocycles. The molecule has 2 aliphatic heterocycles. The number of nitro benzene ring substituents is 1. The number of nitrogens with zero attached hydrogens (tertiary/aromatic N) is 2. The van der Waals surface area contributed by atoms with Gasteiger partial charge in [0.05, 0.1) is 10.3 Å². The minimum absolute atomic E-state index is 0.0335. The third-order valence-corrected chi connectivity index (χ3v) is 6.24. The number of halogens is 2. The van der Waals surface area contributed by atoms with Crippen LogP contribution in [0.1, 0.15) is 25.0 Å². The number of ether oxygens (including phenoxy) is 1. The standard InChI is InChI=1S/C19H17Cl2N3O3/c1-18(2)12-8-10(22)4-5-14(12)23(3)19(18)7-6-11-15(27-19)9-13(20)17(16(11)21)24(25)26/h4-9H,22H2,1-3H3. The number of benzene rings is 2. The van der Waals surface area contributed by atoms with Crippen LogP contribution in [0.2, 0.25) is 10.0 Å². The van der Waals surface area contributed by atoms with Crippen molar-refractivity contribution >= 4 is 46.3 Å². The summed E-state index contributed by atoms with van der Waals surface area (Å²) < 4.78 is 6.43. The Morgan fingerprint density at radius 2 is 1.96 bits per heavy atom. The van der Waals surface area contributed by atoms with Crippen LogP contribution in [0.4, 0.5) is 17.1 Å². The minimum atomic E-state index is -0.848. The molecule has 0 radical (unpaired) electrons. The maximum atomic E-state index is 11.3. The van der Waals surface area contributed by atoms with Gasteiger partial charge in [0.2, 0.25) is 5.72 Å². The average molecular weight is 406 g/mol. The maximum absolute atomic E-state index is 11.3. The lowest BCUT2D eigenvalue weighted by Crippen LogP contribution is -2.58. The zero-order chi connectivity index (χ0) is 19.7. The van der Waals surface area contributed by atoms with Gasteiger partial charge in [-0.1, -0.05) is 23.2 Å². The summed E-state index contributed by atoms with van der Waals surface area (Å²) in [6.45, 7) is 4.14. The quantitative estimate of drug-likeness (QED) is 0.409. The molecule has 1 unspecified atom stereocenters. The number of nitrogen functional groups attached to an aromatic ring is 1. The van der Waals surface area contributed by atoms with Crippen molar-refractivity contribution in [1.82, 2.24) is 0 Å². The summed E-state index contributed by atoms with van der Waals surface area (Å²) in [7, 11) is 1.94. The van der Waals surface area contributed by atoms with Crippen LogP contribution in [-0.4, -0.2) is 17.7 Å². The molecule has 6 nitrogen and oxygen atoms in total. The minimum Gasteiger partial charge on any atom is -0.463 e. The van der Waals surface area contributed by atoms with Gasteiger partial charge in [-0.2, -0.15) is 0 Å². The molecule has 0 bridgehead atoms. The van der Waals surface area contributed by atoms with Crippen molar-refractivity contribution < 1.29 is 9.66 Å². The molecule has 0 amide bonds. The van der Waals surface area contributed by atoms with Gasteiger partial charge >= 0.3 is 5.69 Å². The number of hydrogen-bond acceptors (Lipinski definition) is 5. The Morgan fingerprint density at radius 1 is 1.26 bits per heavy atom. The molecule has 2 aromatic rings. The zero-order valence-corrected chi connectivity index (χ0v) is 16.4. The van der Waals surface area contributed by atoms with Gasteiger partial charge < -0.3 is 15.4 Å². The highest BCUT2D eigenvalue weighted by Crippen LogP contribution is 2.56. The summed E-state index contributed by atoms with van der Waals surface area (Å²) in [5.74, 6) is 0.402. The molecule has 27 heavy (non-hydrogen) atoms. The summed E-state index contributed by atoms with van der Waals surface area (Å²) in [6, 6.07) is 7.21. The van der Waals surface area contributed by atoms with Crippen LogP contribution in [0, 0.1) is 10.1 Å². The van der Waals surface area contributed by atoms with E-state index in [1.165, 1.54) is 6.07 Å². The second-order valence-corrected chi connectivity index (χ2v) is 8.07. The van der Waals surface area contributed by atoms with E-state index < -0.39 is 16.1 Å². The fourth-order valence-corrected chi connectivity index (χ4v) is 4.70. The fraction of sp³-hybridized carbons (Fsp3) is 0.263. The van der Waals surface area contributed by atoms with Crippen LogP contribution in [0.5, 0.6) is 5.75 Å². The molecule has 1 spiro atoms. The van der Waals surface area contributed by atoms with Gasteiger partial charge in [0.25, 0.3) is 0 Å². The highest BCUT2D eigenvalue weighted by molar-refractivity contribution is 6.39. The van der Waals surface area contributed by atoms with E-state index in [0.717, 1.165) is 11.3 Å². The molecule has 2 aliphatic rings. The molecule has 2 N–H and O–H groups in total. The van der Waals surface area contributed by atoms with Crippen molar-refractivity contribution in [2.75, 3.05) is 17.7 Å². The summed E-state index contributed by atoms with van der Waals surface area (Å²) in [5.41, 5.74) is 7.54. The van der Waals surface area contributed by atoms with E-state index in [1.54, 1.807) is 6.08 Å². The Kier molecular flexibility index (Phi) is 3.68. The second-order valence-electron chi connectivity index (χ2n) is 7.28. The number of hydrogen-bond donors (Lipinski definition) is 1. The molecule has 2 heterocycles. The third kappa shape index (κ3) is 2.20. The first-order valence-corrected chi connectivity index (χ1v) is 9.04. The van der Waals surface area contributed by atoms with Gasteiger partial charge in [-0.15, -0.1) is 0 Å². The molecule has 0 aromatic heterocycles. The Balaban J connectivity index is 1.90. The van der Waals surface area contributed by atoms with Crippen LogP contribution < -0.4 is 15.4 Å². The van der Waals surface area contributed by atoms with Gasteiger partial charge in [-0.3, -0.25) is 10.1 Å². The molecule has 0 fully saturated rings.